The number of carbonyl (C=O) groups excluding carboxylic acids is 1. The number of hydrogen-bond donors (Lipinski definition) is 0. The monoisotopic (exact) mass is 329 g/mol. The second-order valence-corrected chi connectivity index (χ2v) is 5.35. The van der Waals surface area contributed by atoms with Crippen LogP contribution in [-0.4, -0.2) is 40.5 Å². The standard InChI is InChI=1S/C17H19N3O4/c1-3-19(4-2)17(22)10-20-16(21)8-6-13(18-20)12-5-7-14-15(9-12)24-11-23-14/h5-9H,3-4,10-11H2,1-2H3. The molecule has 2 heterocycles. The third-order valence-electron chi connectivity index (χ3n) is 3.94. The number of ether oxygens (including phenoxy) is 2. The molecule has 0 bridgehead atoms. The van der Waals surface area contributed by atoms with Gasteiger partial charge in [0.15, 0.2) is 11.5 Å². The van der Waals surface area contributed by atoms with Crippen LogP contribution < -0.4 is 15.0 Å². The van der Waals surface area contributed by atoms with Crippen molar-refractivity contribution < 1.29 is 14.3 Å². The molecule has 0 aliphatic carbocycles. The summed E-state index contributed by atoms with van der Waals surface area (Å²) in [6.45, 7) is 5.14. The fourth-order valence-electron chi connectivity index (χ4n) is 2.58. The van der Waals surface area contributed by atoms with E-state index in [0.717, 1.165) is 5.56 Å². The zero-order chi connectivity index (χ0) is 17.1. The maximum atomic E-state index is 12.2. The molecule has 2 aromatic rings. The molecule has 0 fully saturated rings. The Hall–Kier alpha value is -2.83. The molecule has 0 spiro atoms. The van der Waals surface area contributed by atoms with Crippen LogP contribution in [0.1, 0.15) is 13.8 Å². The van der Waals surface area contributed by atoms with Crippen molar-refractivity contribution in [2.24, 2.45) is 0 Å². The third-order valence-corrected chi connectivity index (χ3v) is 3.94. The highest BCUT2D eigenvalue weighted by Crippen LogP contribution is 2.35. The lowest BCUT2D eigenvalue weighted by Gasteiger charge is -2.18. The van der Waals surface area contributed by atoms with Gasteiger partial charge in [-0.15, -0.1) is 0 Å². The summed E-state index contributed by atoms with van der Waals surface area (Å²) >= 11 is 0. The van der Waals surface area contributed by atoms with Crippen molar-refractivity contribution in [1.29, 1.82) is 0 Å². The van der Waals surface area contributed by atoms with E-state index < -0.39 is 0 Å². The molecule has 7 nitrogen and oxygen atoms in total. The van der Waals surface area contributed by atoms with Crippen molar-refractivity contribution >= 4 is 5.91 Å². The van der Waals surface area contributed by atoms with E-state index in [-0.39, 0.29) is 24.8 Å². The van der Waals surface area contributed by atoms with Crippen molar-refractivity contribution in [3.63, 3.8) is 0 Å². The van der Waals surface area contributed by atoms with Crippen LogP contribution in [-0.2, 0) is 11.3 Å². The zero-order valence-corrected chi connectivity index (χ0v) is 13.7. The minimum absolute atomic E-state index is 0.0705. The molecule has 1 aromatic heterocycles. The van der Waals surface area contributed by atoms with Gasteiger partial charge in [0, 0.05) is 24.7 Å². The minimum Gasteiger partial charge on any atom is -0.454 e. The van der Waals surface area contributed by atoms with Crippen LogP contribution in [0, 0.1) is 0 Å². The Morgan fingerprint density at radius 3 is 2.67 bits per heavy atom. The van der Waals surface area contributed by atoms with Gasteiger partial charge in [-0.25, -0.2) is 4.68 Å². The molecule has 24 heavy (non-hydrogen) atoms. The van der Waals surface area contributed by atoms with Gasteiger partial charge >= 0.3 is 0 Å². The molecular formula is C17H19N3O4. The first kappa shape index (κ1) is 16.0. The molecular weight excluding hydrogens is 310 g/mol. The number of nitrogens with zero attached hydrogens (tertiary/aromatic N) is 3. The first-order chi connectivity index (χ1) is 11.6. The van der Waals surface area contributed by atoms with Crippen LogP contribution in [0.3, 0.4) is 0 Å². The topological polar surface area (TPSA) is 73.7 Å². The highest BCUT2D eigenvalue weighted by atomic mass is 16.7. The molecule has 0 N–H and O–H groups in total. The van der Waals surface area contributed by atoms with Crippen LogP contribution in [0.5, 0.6) is 11.5 Å². The van der Waals surface area contributed by atoms with Gasteiger partial charge in [-0.1, -0.05) is 0 Å². The lowest BCUT2D eigenvalue weighted by atomic mass is 10.1. The Morgan fingerprint density at radius 1 is 1.17 bits per heavy atom. The van der Waals surface area contributed by atoms with Crippen molar-refractivity contribution in [1.82, 2.24) is 14.7 Å². The van der Waals surface area contributed by atoms with E-state index >= 15 is 0 Å². The first-order valence-electron chi connectivity index (χ1n) is 7.88. The highest BCUT2D eigenvalue weighted by molar-refractivity contribution is 5.75. The predicted octanol–water partition coefficient (Wildman–Crippen LogP) is 1.51. The van der Waals surface area contributed by atoms with Crippen LogP contribution in [0.25, 0.3) is 11.3 Å². The average molecular weight is 329 g/mol. The number of carbonyl (C=O) groups is 1. The summed E-state index contributed by atoms with van der Waals surface area (Å²) in [6.07, 6.45) is 0. The van der Waals surface area contributed by atoms with Gasteiger partial charge in [0.05, 0.1) is 5.69 Å². The van der Waals surface area contributed by atoms with E-state index in [4.69, 9.17) is 9.47 Å². The molecule has 0 saturated carbocycles. The molecule has 0 unspecified atom stereocenters. The van der Waals surface area contributed by atoms with Gasteiger partial charge in [0.25, 0.3) is 5.56 Å². The van der Waals surface area contributed by atoms with Gasteiger partial charge in [0.2, 0.25) is 12.7 Å². The number of benzene rings is 1. The SMILES string of the molecule is CCN(CC)C(=O)Cn1nc(-c2ccc3c(c2)OCO3)ccc1=O. The van der Waals surface area contributed by atoms with Gasteiger partial charge in [-0.3, -0.25) is 9.59 Å². The summed E-state index contributed by atoms with van der Waals surface area (Å²) in [7, 11) is 0. The summed E-state index contributed by atoms with van der Waals surface area (Å²) in [5, 5.41) is 4.32. The Balaban J connectivity index is 1.89. The Bertz CT molecular complexity index is 812. The maximum absolute atomic E-state index is 12.2. The van der Waals surface area contributed by atoms with Gasteiger partial charge in [-0.05, 0) is 38.1 Å². The fraction of sp³-hybridized carbons (Fsp3) is 0.353. The van der Waals surface area contributed by atoms with Gasteiger partial charge < -0.3 is 14.4 Å². The number of amides is 1. The zero-order valence-electron chi connectivity index (χ0n) is 13.7. The van der Waals surface area contributed by atoms with E-state index in [1.165, 1.54) is 10.7 Å². The van der Waals surface area contributed by atoms with Crippen molar-refractivity contribution in [2.45, 2.75) is 20.4 Å². The van der Waals surface area contributed by atoms with E-state index in [9.17, 15) is 9.59 Å². The van der Waals surface area contributed by atoms with Crippen LogP contribution in [0.2, 0.25) is 0 Å². The normalized spacial score (nSPS) is 12.2. The molecule has 0 radical (unpaired) electrons. The van der Waals surface area contributed by atoms with Crippen LogP contribution >= 0.6 is 0 Å². The summed E-state index contributed by atoms with van der Waals surface area (Å²) in [5.41, 5.74) is 1.09. The largest absolute Gasteiger partial charge is 0.454 e. The Labute approximate surface area is 139 Å². The Morgan fingerprint density at radius 2 is 1.92 bits per heavy atom. The minimum atomic E-state index is -0.306. The van der Waals surface area contributed by atoms with Crippen LogP contribution in [0.4, 0.5) is 0 Å². The van der Waals surface area contributed by atoms with Crippen molar-refractivity contribution in [2.75, 3.05) is 19.9 Å². The smallest absolute Gasteiger partial charge is 0.267 e. The van der Waals surface area contributed by atoms with Crippen molar-refractivity contribution in [3.05, 3.63) is 40.7 Å². The average Bonchev–Trinajstić information content (AvgIpc) is 3.05. The molecule has 1 aliphatic rings. The van der Waals surface area contributed by atoms with Crippen LogP contribution in [0.15, 0.2) is 35.1 Å². The molecule has 3 rings (SSSR count). The van der Waals surface area contributed by atoms with Crippen molar-refractivity contribution in [3.8, 4) is 22.8 Å². The number of hydrogen-bond acceptors (Lipinski definition) is 5. The molecule has 0 saturated heterocycles. The molecule has 1 amide bonds. The number of aromatic nitrogens is 2. The van der Waals surface area contributed by atoms with Gasteiger partial charge in [0.1, 0.15) is 6.54 Å². The number of rotatable bonds is 5. The maximum Gasteiger partial charge on any atom is 0.267 e. The fourth-order valence-corrected chi connectivity index (χ4v) is 2.58. The summed E-state index contributed by atoms with van der Waals surface area (Å²) < 4.78 is 11.8. The summed E-state index contributed by atoms with van der Waals surface area (Å²) in [4.78, 5) is 25.9. The van der Waals surface area contributed by atoms with E-state index in [1.54, 1.807) is 17.0 Å². The summed E-state index contributed by atoms with van der Waals surface area (Å²) in [5.74, 6) is 1.20. The second-order valence-electron chi connectivity index (χ2n) is 5.35. The predicted molar refractivity (Wildman–Crippen MR) is 88.0 cm³/mol. The lowest BCUT2D eigenvalue weighted by molar-refractivity contribution is -0.131. The third kappa shape index (κ3) is 3.10. The molecule has 126 valence electrons. The quantitative estimate of drug-likeness (QED) is 0.831. The highest BCUT2D eigenvalue weighted by Gasteiger charge is 2.16. The van der Waals surface area contributed by atoms with E-state index in [0.29, 0.717) is 30.3 Å². The van der Waals surface area contributed by atoms with E-state index in [1.807, 2.05) is 26.0 Å². The lowest BCUT2D eigenvalue weighted by Crippen LogP contribution is -2.37. The number of likely N-dealkylation sites (N-methyl/N-ethyl adjacent to an activating group) is 1. The van der Waals surface area contributed by atoms with Gasteiger partial charge in [-0.2, -0.15) is 5.10 Å². The second kappa shape index (κ2) is 6.74. The molecule has 7 heteroatoms. The molecule has 0 atom stereocenters. The molecule has 1 aliphatic heterocycles. The first-order valence-corrected chi connectivity index (χ1v) is 7.88. The summed E-state index contributed by atoms with van der Waals surface area (Å²) in [6, 6.07) is 8.51. The van der Waals surface area contributed by atoms with E-state index in [2.05, 4.69) is 5.10 Å². The Kier molecular flexibility index (Phi) is 4.50. The molecule has 1 aromatic carbocycles. The number of fused-ring (bicyclic) bond motifs is 1.